The van der Waals surface area contributed by atoms with E-state index in [1.54, 1.807) is 43.2 Å². The molecule has 36 heavy (non-hydrogen) atoms. The summed E-state index contributed by atoms with van der Waals surface area (Å²) in [5.41, 5.74) is 3.66. The van der Waals surface area contributed by atoms with Gasteiger partial charge in [0.2, 0.25) is 0 Å². The highest BCUT2D eigenvalue weighted by Crippen LogP contribution is 2.25. The number of hydrogen-bond acceptors (Lipinski definition) is 6. The quantitative estimate of drug-likeness (QED) is 0.424. The molecule has 1 N–H and O–H groups in total. The van der Waals surface area contributed by atoms with Crippen LogP contribution in [-0.4, -0.2) is 49.0 Å². The molecule has 0 radical (unpaired) electrons. The molecule has 2 amide bonds. The van der Waals surface area contributed by atoms with Crippen molar-refractivity contribution in [2.45, 2.75) is 26.0 Å². The number of carbonyl (C=O) groups excluding carboxylic acids is 2. The molecule has 3 aromatic rings. The fraction of sp³-hybridized carbons (Fsp3) is 0.250. The zero-order valence-electron chi connectivity index (χ0n) is 20.3. The van der Waals surface area contributed by atoms with Crippen molar-refractivity contribution in [3.8, 4) is 5.75 Å². The van der Waals surface area contributed by atoms with E-state index >= 15 is 0 Å². The van der Waals surface area contributed by atoms with Gasteiger partial charge in [-0.25, -0.2) is 9.59 Å². The molecule has 186 valence electrons. The number of nitrogens with zero attached hydrogens (tertiary/aromatic N) is 2. The van der Waals surface area contributed by atoms with Crippen molar-refractivity contribution in [1.82, 2.24) is 4.90 Å². The van der Waals surface area contributed by atoms with Gasteiger partial charge in [0.05, 0.1) is 31.5 Å². The number of amides is 2. The molecule has 4 rings (SSSR count). The van der Waals surface area contributed by atoms with Gasteiger partial charge in [0, 0.05) is 24.2 Å². The van der Waals surface area contributed by atoms with Crippen LogP contribution < -0.4 is 10.1 Å². The highest BCUT2D eigenvalue weighted by Gasteiger charge is 2.28. The van der Waals surface area contributed by atoms with Crippen LogP contribution in [0.15, 0.2) is 84.0 Å². The van der Waals surface area contributed by atoms with Gasteiger partial charge in [-0.3, -0.25) is 0 Å². The maximum absolute atomic E-state index is 13.3. The Morgan fingerprint density at radius 3 is 2.47 bits per heavy atom. The molecule has 0 saturated carbocycles. The number of carbonyl (C=O) groups is 2. The summed E-state index contributed by atoms with van der Waals surface area (Å²) in [7, 11) is 1.62. The molecule has 1 unspecified atom stereocenters. The summed E-state index contributed by atoms with van der Waals surface area (Å²) in [4.78, 5) is 32.6. The first kappa shape index (κ1) is 24.8. The third-order valence-corrected chi connectivity index (χ3v) is 5.73. The number of anilines is 1. The molecule has 8 nitrogen and oxygen atoms in total. The van der Waals surface area contributed by atoms with E-state index in [1.807, 2.05) is 54.6 Å². The Hall–Kier alpha value is -4.33. The Labute approximate surface area is 210 Å². The van der Waals surface area contributed by atoms with Crippen molar-refractivity contribution >= 4 is 23.4 Å². The summed E-state index contributed by atoms with van der Waals surface area (Å²) >= 11 is 0. The van der Waals surface area contributed by atoms with Crippen molar-refractivity contribution in [2.75, 3.05) is 25.6 Å². The van der Waals surface area contributed by atoms with Crippen molar-refractivity contribution in [2.24, 2.45) is 5.16 Å². The van der Waals surface area contributed by atoms with E-state index in [0.29, 0.717) is 37.4 Å². The van der Waals surface area contributed by atoms with Crippen LogP contribution in [0, 0.1) is 0 Å². The molecule has 0 saturated heterocycles. The minimum atomic E-state index is -0.398. The predicted octanol–water partition coefficient (Wildman–Crippen LogP) is 5.10. The Morgan fingerprint density at radius 1 is 1.03 bits per heavy atom. The van der Waals surface area contributed by atoms with E-state index in [9.17, 15) is 9.59 Å². The lowest BCUT2D eigenvalue weighted by Gasteiger charge is -2.25. The van der Waals surface area contributed by atoms with Gasteiger partial charge in [-0.1, -0.05) is 47.6 Å². The molecular formula is C28H29N3O5. The summed E-state index contributed by atoms with van der Waals surface area (Å²) in [6.45, 7) is 2.80. The topological polar surface area (TPSA) is 89.5 Å². The Kier molecular flexibility index (Phi) is 8.18. The molecule has 3 aromatic carbocycles. The molecule has 1 atom stereocenters. The summed E-state index contributed by atoms with van der Waals surface area (Å²) in [6, 6.07) is 23.8. The van der Waals surface area contributed by atoms with E-state index in [4.69, 9.17) is 14.3 Å². The van der Waals surface area contributed by atoms with Gasteiger partial charge >= 0.3 is 12.0 Å². The van der Waals surface area contributed by atoms with Gasteiger partial charge in [-0.05, 0) is 48.9 Å². The Bertz CT molecular complexity index is 1210. The van der Waals surface area contributed by atoms with E-state index in [1.165, 1.54) is 0 Å². The van der Waals surface area contributed by atoms with Gasteiger partial charge in [0.1, 0.15) is 5.75 Å². The number of methoxy groups -OCH3 is 1. The van der Waals surface area contributed by atoms with Gasteiger partial charge in [-0.2, -0.15) is 0 Å². The molecule has 1 heterocycles. The van der Waals surface area contributed by atoms with E-state index in [0.717, 1.165) is 22.6 Å². The first-order valence-corrected chi connectivity index (χ1v) is 11.8. The predicted molar refractivity (Wildman–Crippen MR) is 137 cm³/mol. The van der Waals surface area contributed by atoms with Crippen LogP contribution in [-0.2, 0) is 16.1 Å². The number of benzene rings is 3. The van der Waals surface area contributed by atoms with Crippen LogP contribution in [0.4, 0.5) is 10.5 Å². The maximum Gasteiger partial charge on any atom is 0.338 e. The summed E-state index contributed by atoms with van der Waals surface area (Å²) in [5, 5.41) is 7.19. The molecule has 8 heteroatoms. The van der Waals surface area contributed by atoms with Crippen LogP contribution in [0.1, 0.15) is 34.8 Å². The van der Waals surface area contributed by atoms with Gasteiger partial charge in [0.25, 0.3) is 0 Å². The lowest BCUT2D eigenvalue weighted by molar-refractivity contribution is 0.0526. The summed E-state index contributed by atoms with van der Waals surface area (Å²) < 4.78 is 10.5. The fourth-order valence-corrected chi connectivity index (χ4v) is 3.94. The number of para-hydroxylation sites is 1. The molecule has 1 aliphatic rings. The molecule has 1 aliphatic heterocycles. The molecule has 0 spiro atoms. The third-order valence-electron chi connectivity index (χ3n) is 5.73. The lowest BCUT2D eigenvalue weighted by Crippen LogP contribution is -2.40. The number of esters is 1. The molecule has 0 aromatic heterocycles. The highest BCUT2D eigenvalue weighted by atomic mass is 16.6. The summed E-state index contributed by atoms with van der Waals surface area (Å²) in [6.07, 6.45) is 0.248. The minimum absolute atomic E-state index is 0.280. The second kappa shape index (κ2) is 11.9. The average Bonchev–Trinajstić information content (AvgIpc) is 3.38. The normalized spacial score (nSPS) is 14.4. The number of hydrogen-bond donors (Lipinski definition) is 1. The zero-order chi connectivity index (χ0) is 25.3. The Morgan fingerprint density at radius 2 is 1.75 bits per heavy atom. The van der Waals surface area contributed by atoms with Gasteiger partial charge in [0.15, 0.2) is 6.10 Å². The number of urea groups is 1. The first-order valence-electron chi connectivity index (χ1n) is 11.8. The van der Waals surface area contributed by atoms with Crippen LogP contribution >= 0.6 is 0 Å². The molecular weight excluding hydrogens is 458 g/mol. The number of ether oxygens (including phenoxy) is 2. The second-order valence-electron chi connectivity index (χ2n) is 8.26. The molecule has 0 fully saturated rings. The van der Waals surface area contributed by atoms with E-state index < -0.39 is 5.97 Å². The van der Waals surface area contributed by atoms with Crippen molar-refractivity contribution in [3.63, 3.8) is 0 Å². The van der Waals surface area contributed by atoms with Crippen molar-refractivity contribution in [1.29, 1.82) is 0 Å². The second-order valence-corrected chi connectivity index (χ2v) is 8.26. The minimum Gasteiger partial charge on any atom is -0.496 e. The van der Waals surface area contributed by atoms with E-state index in [2.05, 4.69) is 10.5 Å². The molecule has 0 aliphatic carbocycles. The van der Waals surface area contributed by atoms with Crippen molar-refractivity contribution in [3.05, 3.63) is 95.6 Å². The van der Waals surface area contributed by atoms with Gasteiger partial charge in [-0.15, -0.1) is 0 Å². The smallest absolute Gasteiger partial charge is 0.338 e. The van der Waals surface area contributed by atoms with Gasteiger partial charge < -0.3 is 24.5 Å². The average molecular weight is 488 g/mol. The Balaban J connectivity index is 1.45. The number of oxime groups is 1. The molecule has 0 bridgehead atoms. The highest BCUT2D eigenvalue weighted by molar-refractivity contribution is 6.03. The van der Waals surface area contributed by atoms with Crippen LogP contribution in [0.5, 0.6) is 5.75 Å². The maximum atomic E-state index is 13.3. The first-order chi connectivity index (χ1) is 17.6. The lowest BCUT2D eigenvalue weighted by atomic mass is 10.0. The van der Waals surface area contributed by atoms with Crippen molar-refractivity contribution < 1.29 is 23.9 Å². The number of rotatable bonds is 9. The van der Waals surface area contributed by atoms with Crippen LogP contribution in [0.25, 0.3) is 0 Å². The van der Waals surface area contributed by atoms with Crippen LogP contribution in [0.3, 0.4) is 0 Å². The number of nitrogens with one attached hydrogen (secondary N) is 1. The third kappa shape index (κ3) is 6.21. The largest absolute Gasteiger partial charge is 0.496 e. The fourth-order valence-electron chi connectivity index (χ4n) is 3.94. The zero-order valence-corrected chi connectivity index (χ0v) is 20.3. The standard InChI is InChI=1S/C28H29N3O5/c1-3-35-27(32)21-13-15-22(16-14-21)29-28(33)31(18-20-9-5-4-6-10-20)19-23-17-25(30-36-23)24-11-7-8-12-26(24)34-2/h4-16,23H,3,17-19H2,1-2H3,(H,29,33). The monoisotopic (exact) mass is 487 g/mol. The van der Waals surface area contributed by atoms with Crippen LogP contribution in [0.2, 0.25) is 0 Å². The SMILES string of the molecule is CCOC(=O)c1ccc(NC(=O)N(Cc2ccccc2)CC2CC(c3ccccc3OC)=NO2)cc1. The summed E-state index contributed by atoms with van der Waals surface area (Å²) in [5.74, 6) is 0.330. The van der Waals surface area contributed by atoms with E-state index in [-0.39, 0.29) is 12.1 Å².